The fraction of sp³-hybridized carbons (Fsp3) is 0.538. The van der Waals surface area contributed by atoms with E-state index in [2.05, 4.69) is 16.8 Å². The molecule has 2 rings (SSSR count). The Hall–Kier alpha value is -1.36. The molecule has 0 aliphatic carbocycles. The lowest BCUT2D eigenvalue weighted by Crippen LogP contribution is -2.62. The van der Waals surface area contributed by atoms with Crippen molar-refractivity contribution in [2.45, 2.75) is 38.8 Å². The van der Waals surface area contributed by atoms with E-state index in [1.54, 1.807) is 23.2 Å². The highest BCUT2D eigenvalue weighted by atomic mass is 32.1. The van der Waals surface area contributed by atoms with Gasteiger partial charge in [0.2, 0.25) is 11.8 Å². The van der Waals surface area contributed by atoms with Gasteiger partial charge in [0.05, 0.1) is 0 Å². The lowest BCUT2D eigenvalue weighted by atomic mass is 10.1. The summed E-state index contributed by atoms with van der Waals surface area (Å²) < 4.78 is 0. The number of thiophene rings is 1. The summed E-state index contributed by atoms with van der Waals surface area (Å²) in [5.41, 5.74) is 1.22. The molecule has 2 amide bonds. The van der Waals surface area contributed by atoms with Gasteiger partial charge in [-0.3, -0.25) is 9.59 Å². The van der Waals surface area contributed by atoms with Crippen molar-refractivity contribution < 1.29 is 9.59 Å². The molecule has 1 aliphatic rings. The van der Waals surface area contributed by atoms with Gasteiger partial charge >= 0.3 is 0 Å². The zero-order valence-corrected chi connectivity index (χ0v) is 11.5. The van der Waals surface area contributed by atoms with Gasteiger partial charge in [0.15, 0.2) is 0 Å². The standard InChI is InChI=1S/C13H18N2O2S/c1-3-11-13(17)15(9(2)12(16)14-11)6-4-10-5-7-18-8-10/h5,7-9,11H,3-4,6H2,1-2H3,(H,14,16). The minimum absolute atomic E-state index is 0.0415. The Morgan fingerprint density at radius 3 is 2.83 bits per heavy atom. The van der Waals surface area contributed by atoms with Gasteiger partial charge in [-0.15, -0.1) is 0 Å². The topological polar surface area (TPSA) is 49.4 Å². The van der Waals surface area contributed by atoms with Crippen LogP contribution in [0, 0.1) is 0 Å². The summed E-state index contributed by atoms with van der Waals surface area (Å²) in [7, 11) is 0. The molecule has 1 aromatic heterocycles. The Bertz CT molecular complexity index is 430. The monoisotopic (exact) mass is 266 g/mol. The lowest BCUT2D eigenvalue weighted by Gasteiger charge is -2.37. The van der Waals surface area contributed by atoms with Crippen LogP contribution in [0.1, 0.15) is 25.8 Å². The summed E-state index contributed by atoms with van der Waals surface area (Å²) in [4.78, 5) is 25.7. The van der Waals surface area contributed by atoms with Crippen LogP contribution < -0.4 is 5.32 Å². The summed E-state index contributed by atoms with van der Waals surface area (Å²) in [6, 6.07) is 1.34. The molecule has 1 aliphatic heterocycles. The molecule has 2 heterocycles. The third-order valence-electron chi connectivity index (χ3n) is 3.37. The number of rotatable bonds is 4. The number of amides is 2. The van der Waals surface area contributed by atoms with Gasteiger partial charge in [-0.25, -0.2) is 0 Å². The van der Waals surface area contributed by atoms with Gasteiger partial charge in [-0.1, -0.05) is 6.92 Å². The highest BCUT2D eigenvalue weighted by Crippen LogP contribution is 2.14. The van der Waals surface area contributed by atoms with E-state index >= 15 is 0 Å². The summed E-state index contributed by atoms with van der Waals surface area (Å²) in [6.07, 6.45) is 1.45. The molecular formula is C13H18N2O2S. The van der Waals surface area contributed by atoms with Gasteiger partial charge in [0.1, 0.15) is 12.1 Å². The molecule has 1 N–H and O–H groups in total. The molecule has 2 unspecified atom stereocenters. The SMILES string of the molecule is CCC1NC(=O)C(C)N(CCc2ccsc2)C1=O. The smallest absolute Gasteiger partial charge is 0.245 e. The van der Waals surface area contributed by atoms with Crippen molar-refractivity contribution >= 4 is 23.2 Å². The van der Waals surface area contributed by atoms with Gasteiger partial charge in [0, 0.05) is 6.54 Å². The molecule has 0 spiro atoms. The molecule has 2 atom stereocenters. The van der Waals surface area contributed by atoms with Gasteiger partial charge < -0.3 is 10.2 Å². The van der Waals surface area contributed by atoms with E-state index in [-0.39, 0.29) is 23.9 Å². The highest BCUT2D eigenvalue weighted by molar-refractivity contribution is 7.07. The van der Waals surface area contributed by atoms with Crippen LogP contribution in [0.4, 0.5) is 0 Å². The maximum absolute atomic E-state index is 12.2. The Morgan fingerprint density at radius 1 is 1.44 bits per heavy atom. The normalized spacial score (nSPS) is 24.2. The molecule has 1 fully saturated rings. The molecule has 1 saturated heterocycles. The van der Waals surface area contributed by atoms with E-state index < -0.39 is 0 Å². The summed E-state index contributed by atoms with van der Waals surface area (Å²) in [6.45, 7) is 4.31. The third kappa shape index (κ3) is 2.56. The number of carbonyl (C=O) groups is 2. The zero-order chi connectivity index (χ0) is 13.1. The van der Waals surface area contributed by atoms with E-state index in [4.69, 9.17) is 0 Å². The third-order valence-corrected chi connectivity index (χ3v) is 4.11. The molecule has 18 heavy (non-hydrogen) atoms. The van der Waals surface area contributed by atoms with Crippen molar-refractivity contribution in [1.29, 1.82) is 0 Å². The number of hydrogen-bond donors (Lipinski definition) is 1. The second kappa shape index (κ2) is 5.52. The predicted molar refractivity (Wildman–Crippen MR) is 71.4 cm³/mol. The first-order valence-electron chi connectivity index (χ1n) is 6.25. The van der Waals surface area contributed by atoms with Crippen LogP contribution in [0.5, 0.6) is 0 Å². The van der Waals surface area contributed by atoms with Gasteiger partial charge in [-0.2, -0.15) is 11.3 Å². The van der Waals surface area contributed by atoms with Crippen molar-refractivity contribution in [3.63, 3.8) is 0 Å². The first-order valence-corrected chi connectivity index (χ1v) is 7.19. The van der Waals surface area contributed by atoms with Crippen molar-refractivity contribution in [3.8, 4) is 0 Å². The average Bonchev–Trinajstić information content (AvgIpc) is 2.87. The molecular weight excluding hydrogens is 248 g/mol. The Kier molecular flexibility index (Phi) is 4.01. The number of nitrogens with zero attached hydrogens (tertiary/aromatic N) is 1. The molecule has 0 aromatic carbocycles. The number of hydrogen-bond acceptors (Lipinski definition) is 3. The first-order chi connectivity index (χ1) is 8.63. The van der Waals surface area contributed by atoms with Crippen LogP contribution in [0.2, 0.25) is 0 Å². The second-order valence-electron chi connectivity index (χ2n) is 4.56. The maximum Gasteiger partial charge on any atom is 0.245 e. The Labute approximate surface area is 111 Å². The van der Waals surface area contributed by atoms with Crippen LogP contribution in [-0.2, 0) is 16.0 Å². The fourth-order valence-corrected chi connectivity index (χ4v) is 2.85. The second-order valence-corrected chi connectivity index (χ2v) is 5.34. The number of piperazine rings is 1. The van der Waals surface area contributed by atoms with Crippen molar-refractivity contribution in [3.05, 3.63) is 22.4 Å². The van der Waals surface area contributed by atoms with E-state index in [0.29, 0.717) is 13.0 Å². The van der Waals surface area contributed by atoms with Crippen molar-refractivity contribution in [2.24, 2.45) is 0 Å². The predicted octanol–water partition coefficient (Wildman–Crippen LogP) is 1.42. The van der Waals surface area contributed by atoms with Crippen LogP contribution in [0.3, 0.4) is 0 Å². The minimum atomic E-state index is -0.362. The van der Waals surface area contributed by atoms with Crippen molar-refractivity contribution in [1.82, 2.24) is 10.2 Å². The Balaban J connectivity index is 2.03. The van der Waals surface area contributed by atoms with E-state index in [0.717, 1.165) is 6.42 Å². The highest BCUT2D eigenvalue weighted by Gasteiger charge is 2.36. The van der Waals surface area contributed by atoms with Crippen LogP contribution in [0.15, 0.2) is 16.8 Å². The Morgan fingerprint density at radius 2 is 2.22 bits per heavy atom. The fourth-order valence-electron chi connectivity index (χ4n) is 2.15. The zero-order valence-electron chi connectivity index (χ0n) is 10.7. The summed E-state index contributed by atoms with van der Waals surface area (Å²) >= 11 is 1.65. The van der Waals surface area contributed by atoms with E-state index in [1.165, 1.54) is 5.56 Å². The lowest BCUT2D eigenvalue weighted by molar-refractivity contribution is -0.148. The van der Waals surface area contributed by atoms with Crippen molar-refractivity contribution in [2.75, 3.05) is 6.54 Å². The number of carbonyl (C=O) groups excluding carboxylic acids is 2. The van der Waals surface area contributed by atoms with Crippen LogP contribution >= 0.6 is 11.3 Å². The van der Waals surface area contributed by atoms with Gasteiger partial charge in [-0.05, 0) is 42.2 Å². The molecule has 1 aromatic rings. The first kappa shape index (κ1) is 13.1. The van der Waals surface area contributed by atoms with E-state index in [9.17, 15) is 9.59 Å². The van der Waals surface area contributed by atoms with Gasteiger partial charge in [0.25, 0.3) is 0 Å². The summed E-state index contributed by atoms with van der Waals surface area (Å²) in [5.74, 6) is -0.00778. The average molecular weight is 266 g/mol. The molecule has 0 saturated carbocycles. The quantitative estimate of drug-likeness (QED) is 0.896. The molecule has 4 nitrogen and oxygen atoms in total. The largest absolute Gasteiger partial charge is 0.343 e. The molecule has 98 valence electrons. The van der Waals surface area contributed by atoms with Crippen LogP contribution in [-0.4, -0.2) is 35.3 Å². The van der Waals surface area contributed by atoms with E-state index in [1.807, 2.05) is 12.3 Å². The minimum Gasteiger partial charge on any atom is -0.343 e. The summed E-state index contributed by atoms with van der Waals surface area (Å²) in [5, 5.41) is 6.87. The van der Waals surface area contributed by atoms with Crippen LogP contribution in [0.25, 0.3) is 0 Å². The number of nitrogens with one attached hydrogen (secondary N) is 1. The molecule has 0 bridgehead atoms. The molecule has 5 heteroatoms. The maximum atomic E-state index is 12.2. The molecule has 0 radical (unpaired) electrons.